The number of aryl methyl sites for hydroxylation is 1. The molecule has 0 saturated carbocycles. The van der Waals surface area contributed by atoms with Crippen molar-refractivity contribution in [3.8, 4) is 0 Å². The molecule has 1 aromatic carbocycles. The molecule has 3 rings (SSSR count). The molecule has 0 unspecified atom stereocenters. The maximum atomic E-state index is 12.1. The quantitative estimate of drug-likeness (QED) is 0.603. The van der Waals surface area contributed by atoms with Crippen LogP contribution in [0.5, 0.6) is 0 Å². The Bertz CT molecular complexity index is 704. The molecule has 6 heteroatoms. The first kappa shape index (κ1) is 15.4. The van der Waals surface area contributed by atoms with E-state index in [2.05, 4.69) is 0 Å². The molecule has 2 heterocycles. The van der Waals surface area contributed by atoms with Gasteiger partial charge >= 0.3 is 5.97 Å². The minimum Gasteiger partial charge on any atom is -0.464 e. The first-order valence-electron chi connectivity index (χ1n) is 7.29. The Morgan fingerprint density at radius 2 is 1.78 bits per heavy atom. The third-order valence-electron chi connectivity index (χ3n) is 3.65. The average molecular weight is 329 g/mol. The van der Waals surface area contributed by atoms with Crippen LogP contribution >= 0.6 is 11.3 Å². The highest BCUT2D eigenvalue weighted by Crippen LogP contribution is 2.21. The van der Waals surface area contributed by atoms with Crippen LogP contribution in [0.3, 0.4) is 0 Å². The van der Waals surface area contributed by atoms with Gasteiger partial charge in [-0.2, -0.15) is 11.3 Å². The highest BCUT2D eigenvalue weighted by molar-refractivity contribution is 7.07. The fraction of sp³-hybridized carbons (Fsp3) is 0.235. The minimum atomic E-state index is -0.333. The zero-order chi connectivity index (χ0) is 16.2. The molecular weight excluding hydrogens is 314 g/mol. The number of hydrogen-bond donors (Lipinski definition) is 0. The van der Waals surface area contributed by atoms with Crippen LogP contribution < -0.4 is 0 Å². The van der Waals surface area contributed by atoms with E-state index in [1.165, 1.54) is 0 Å². The Hall–Kier alpha value is -2.47. The molecule has 0 saturated heterocycles. The summed E-state index contributed by atoms with van der Waals surface area (Å²) in [5.41, 5.74) is 1.91. The van der Waals surface area contributed by atoms with E-state index in [1.54, 1.807) is 35.6 Å². The van der Waals surface area contributed by atoms with Crippen molar-refractivity contribution in [1.29, 1.82) is 0 Å². The van der Waals surface area contributed by atoms with Crippen molar-refractivity contribution in [3.63, 3.8) is 0 Å². The summed E-state index contributed by atoms with van der Waals surface area (Å²) in [6.07, 6.45) is 0.925. The molecule has 0 fully saturated rings. The van der Waals surface area contributed by atoms with Gasteiger partial charge in [0.05, 0.1) is 17.7 Å². The van der Waals surface area contributed by atoms with E-state index in [4.69, 9.17) is 4.74 Å². The molecule has 1 aliphatic heterocycles. The molecule has 0 N–H and O–H groups in total. The van der Waals surface area contributed by atoms with Gasteiger partial charge in [0.15, 0.2) is 0 Å². The van der Waals surface area contributed by atoms with E-state index >= 15 is 0 Å². The van der Waals surface area contributed by atoms with Gasteiger partial charge < -0.3 is 4.74 Å². The average Bonchev–Trinajstić information content (AvgIpc) is 3.16. The second kappa shape index (κ2) is 6.75. The summed E-state index contributed by atoms with van der Waals surface area (Å²) in [6, 6.07) is 8.66. The Balaban J connectivity index is 1.47. The normalized spacial score (nSPS) is 13.3. The topological polar surface area (TPSA) is 63.7 Å². The Kier molecular flexibility index (Phi) is 4.52. The highest BCUT2D eigenvalue weighted by atomic mass is 32.1. The zero-order valence-electron chi connectivity index (χ0n) is 12.4. The molecule has 23 heavy (non-hydrogen) atoms. The molecular formula is C17H15NO4S. The van der Waals surface area contributed by atoms with Crippen molar-refractivity contribution < 1.29 is 19.1 Å². The lowest BCUT2D eigenvalue weighted by Gasteiger charge is -2.13. The smallest absolute Gasteiger partial charge is 0.306 e. The maximum Gasteiger partial charge on any atom is 0.306 e. The first-order valence-corrected chi connectivity index (χ1v) is 8.23. The molecule has 5 nitrogen and oxygen atoms in total. The number of hydrogen-bond acceptors (Lipinski definition) is 5. The van der Waals surface area contributed by atoms with Gasteiger partial charge in [0, 0.05) is 6.42 Å². The predicted molar refractivity (Wildman–Crippen MR) is 85.4 cm³/mol. The van der Waals surface area contributed by atoms with Crippen LogP contribution in [0, 0.1) is 0 Å². The van der Waals surface area contributed by atoms with Crippen LogP contribution in [0.2, 0.25) is 0 Å². The van der Waals surface area contributed by atoms with Gasteiger partial charge in [0.2, 0.25) is 0 Å². The fourth-order valence-corrected chi connectivity index (χ4v) is 3.15. The molecule has 1 aliphatic rings. The molecule has 0 bridgehead atoms. The second-order valence-electron chi connectivity index (χ2n) is 5.16. The summed E-state index contributed by atoms with van der Waals surface area (Å²) >= 11 is 1.59. The van der Waals surface area contributed by atoms with Gasteiger partial charge in [0.1, 0.15) is 6.61 Å². The summed E-state index contributed by atoms with van der Waals surface area (Å²) in [6.45, 7) is 0.102. The number of carbonyl (C=O) groups is 3. The van der Waals surface area contributed by atoms with Gasteiger partial charge in [-0.1, -0.05) is 12.1 Å². The number of fused-ring (bicyclic) bond motifs is 1. The van der Waals surface area contributed by atoms with E-state index in [0.29, 0.717) is 24.0 Å². The lowest BCUT2D eigenvalue weighted by molar-refractivity contribution is -0.143. The number of rotatable bonds is 6. The summed E-state index contributed by atoms with van der Waals surface area (Å²) in [5, 5.41) is 3.95. The molecule has 118 valence electrons. The van der Waals surface area contributed by atoms with Crippen LogP contribution in [0.1, 0.15) is 32.7 Å². The number of benzene rings is 1. The second-order valence-corrected chi connectivity index (χ2v) is 5.94. The van der Waals surface area contributed by atoms with Crippen LogP contribution in [0.4, 0.5) is 0 Å². The standard InChI is InChI=1S/C17H15NO4S/c19-15(6-5-12-7-10-23-11-12)22-9-8-18-16(20)13-3-1-2-4-14(13)17(18)21/h1-4,7,10-11H,5-6,8-9H2. The van der Waals surface area contributed by atoms with Crippen LogP contribution in [0.25, 0.3) is 0 Å². The Labute approximate surface area is 137 Å². The predicted octanol–water partition coefficient (Wildman–Crippen LogP) is 2.52. The Morgan fingerprint density at radius 3 is 2.39 bits per heavy atom. The van der Waals surface area contributed by atoms with Crippen molar-refractivity contribution >= 4 is 29.1 Å². The van der Waals surface area contributed by atoms with Gasteiger partial charge in [-0.05, 0) is 40.9 Å². The lowest BCUT2D eigenvalue weighted by Crippen LogP contribution is -2.33. The van der Waals surface area contributed by atoms with Crippen molar-refractivity contribution in [2.45, 2.75) is 12.8 Å². The van der Waals surface area contributed by atoms with E-state index < -0.39 is 0 Å². The van der Waals surface area contributed by atoms with Crippen molar-refractivity contribution in [1.82, 2.24) is 4.90 Å². The first-order chi connectivity index (χ1) is 11.2. The molecule has 0 radical (unpaired) electrons. The molecule has 2 amide bonds. The van der Waals surface area contributed by atoms with Gasteiger partial charge in [0.25, 0.3) is 11.8 Å². The van der Waals surface area contributed by atoms with E-state index in [9.17, 15) is 14.4 Å². The SMILES string of the molecule is O=C(CCc1ccsc1)OCCN1C(=O)c2ccccc2C1=O. The Morgan fingerprint density at radius 1 is 1.09 bits per heavy atom. The molecule has 0 aliphatic carbocycles. The molecule has 2 aromatic rings. The number of carbonyl (C=O) groups excluding carboxylic acids is 3. The zero-order valence-corrected chi connectivity index (χ0v) is 13.2. The number of amides is 2. The van der Waals surface area contributed by atoms with Crippen LogP contribution in [-0.4, -0.2) is 35.8 Å². The number of ether oxygens (including phenoxy) is 1. The fourth-order valence-electron chi connectivity index (χ4n) is 2.45. The monoisotopic (exact) mass is 329 g/mol. The summed E-state index contributed by atoms with van der Waals surface area (Å²) in [4.78, 5) is 37.1. The van der Waals surface area contributed by atoms with Crippen LogP contribution in [0.15, 0.2) is 41.1 Å². The number of nitrogens with zero attached hydrogens (tertiary/aromatic N) is 1. The van der Waals surface area contributed by atoms with Crippen LogP contribution in [-0.2, 0) is 16.0 Å². The maximum absolute atomic E-state index is 12.1. The van der Waals surface area contributed by atoms with E-state index in [1.807, 2.05) is 16.8 Å². The third kappa shape index (κ3) is 3.32. The van der Waals surface area contributed by atoms with Gasteiger partial charge in [-0.15, -0.1) is 0 Å². The highest BCUT2D eigenvalue weighted by Gasteiger charge is 2.34. The van der Waals surface area contributed by atoms with E-state index in [-0.39, 0.29) is 30.9 Å². The number of thiophene rings is 1. The van der Waals surface area contributed by atoms with Crippen molar-refractivity contribution in [2.24, 2.45) is 0 Å². The number of esters is 1. The minimum absolute atomic E-state index is 0.0218. The summed E-state index contributed by atoms with van der Waals surface area (Å²) in [5.74, 6) is -0.993. The van der Waals surface area contributed by atoms with E-state index in [0.717, 1.165) is 10.5 Å². The van der Waals surface area contributed by atoms with Crippen molar-refractivity contribution in [2.75, 3.05) is 13.2 Å². The third-order valence-corrected chi connectivity index (χ3v) is 4.39. The summed E-state index contributed by atoms with van der Waals surface area (Å²) in [7, 11) is 0. The lowest BCUT2D eigenvalue weighted by atomic mass is 10.1. The molecule has 0 spiro atoms. The number of imide groups is 1. The largest absolute Gasteiger partial charge is 0.464 e. The van der Waals surface area contributed by atoms with Gasteiger partial charge in [-0.25, -0.2) is 0 Å². The summed E-state index contributed by atoms with van der Waals surface area (Å²) < 4.78 is 5.12. The van der Waals surface area contributed by atoms with Crippen molar-refractivity contribution in [3.05, 3.63) is 57.8 Å². The molecule has 0 atom stereocenters. The molecule has 1 aromatic heterocycles. The van der Waals surface area contributed by atoms with Gasteiger partial charge in [-0.3, -0.25) is 19.3 Å².